The molecule has 0 fully saturated rings. The largest absolute Gasteiger partial charge is 0.504 e. The van der Waals surface area contributed by atoms with E-state index in [1.165, 1.54) is 11.3 Å². The molecule has 29 heavy (non-hydrogen) atoms. The molecule has 1 heterocycles. The van der Waals surface area contributed by atoms with E-state index >= 15 is 0 Å². The molecule has 0 unspecified atom stereocenters. The summed E-state index contributed by atoms with van der Waals surface area (Å²) in [6.07, 6.45) is 1.72. The average molecular weight is 408 g/mol. The Morgan fingerprint density at radius 1 is 1.14 bits per heavy atom. The van der Waals surface area contributed by atoms with Crippen LogP contribution in [0.5, 0.6) is 23.0 Å². The number of hydrogen-bond donors (Lipinski definition) is 1. The second-order valence-corrected chi connectivity index (χ2v) is 6.80. The molecule has 1 aromatic heterocycles. The molecule has 0 saturated heterocycles. The van der Waals surface area contributed by atoms with Crippen LogP contribution in [0.4, 0.5) is 0 Å². The van der Waals surface area contributed by atoms with Gasteiger partial charge in [0.1, 0.15) is 11.1 Å². The van der Waals surface area contributed by atoms with Crippen LogP contribution in [0.1, 0.15) is 17.5 Å². The number of allylic oxidation sites excluding steroid dienone is 1. The van der Waals surface area contributed by atoms with Gasteiger partial charge in [-0.05, 0) is 48.9 Å². The minimum atomic E-state index is 0.0625. The van der Waals surface area contributed by atoms with Gasteiger partial charge in [0.2, 0.25) is 0 Å². The van der Waals surface area contributed by atoms with Gasteiger partial charge < -0.3 is 19.3 Å². The minimum absolute atomic E-state index is 0.0625. The van der Waals surface area contributed by atoms with E-state index in [4.69, 9.17) is 14.2 Å². The Labute approximate surface area is 173 Å². The van der Waals surface area contributed by atoms with Crippen molar-refractivity contribution in [3.8, 4) is 40.3 Å². The third kappa shape index (κ3) is 4.50. The number of phenols is 1. The van der Waals surface area contributed by atoms with E-state index in [1.54, 1.807) is 38.5 Å². The Morgan fingerprint density at radius 3 is 2.62 bits per heavy atom. The van der Waals surface area contributed by atoms with Crippen LogP contribution in [0.15, 0.2) is 41.8 Å². The number of phenolic OH excluding ortho intramolecular Hbond substituents is 1. The summed E-state index contributed by atoms with van der Waals surface area (Å²) in [5, 5.41) is 22.0. The van der Waals surface area contributed by atoms with Gasteiger partial charge in [-0.2, -0.15) is 5.26 Å². The SMILES string of the molecule is CCOc1cc(C=C(C#N)c2nc(-c3ccc(OC)c(OC)c3)cs2)ccc1O. The lowest BCUT2D eigenvalue weighted by molar-refractivity contribution is 0.318. The first-order valence-corrected chi connectivity index (χ1v) is 9.73. The molecule has 2 aromatic carbocycles. The summed E-state index contributed by atoms with van der Waals surface area (Å²) in [6.45, 7) is 2.28. The predicted molar refractivity (Wildman–Crippen MR) is 113 cm³/mol. The standard InChI is InChI=1S/C22H20N2O4S/c1-4-28-20-10-14(5-7-18(20)25)9-16(12-23)22-24-17(13-29-22)15-6-8-19(26-2)21(11-15)27-3/h5-11,13,25H,4H2,1-3H3. The Hall–Kier alpha value is -3.50. The fraction of sp³-hybridized carbons (Fsp3) is 0.182. The number of thiazole rings is 1. The number of nitrogens with zero attached hydrogens (tertiary/aromatic N) is 2. The first kappa shape index (κ1) is 20.2. The molecule has 6 nitrogen and oxygen atoms in total. The number of nitriles is 1. The molecule has 3 aromatic rings. The van der Waals surface area contributed by atoms with Gasteiger partial charge in [0, 0.05) is 10.9 Å². The normalized spacial score (nSPS) is 11.0. The van der Waals surface area contributed by atoms with Gasteiger partial charge in [-0.1, -0.05) is 6.07 Å². The van der Waals surface area contributed by atoms with Crippen LogP contribution >= 0.6 is 11.3 Å². The average Bonchev–Trinajstić information content (AvgIpc) is 3.23. The molecular weight excluding hydrogens is 388 g/mol. The Kier molecular flexibility index (Phi) is 6.37. The highest BCUT2D eigenvalue weighted by atomic mass is 32.1. The zero-order valence-electron chi connectivity index (χ0n) is 16.3. The second-order valence-electron chi connectivity index (χ2n) is 5.94. The molecule has 0 aliphatic carbocycles. The fourth-order valence-electron chi connectivity index (χ4n) is 2.73. The Balaban J connectivity index is 1.93. The molecule has 148 valence electrons. The van der Waals surface area contributed by atoms with Crippen molar-refractivity contribution in [1.29, 1.82) is 5.26 Å². The third-order valence-electron chi connectivity index (χ3n) is 4.13. The number of benzene rings is 2. The molecule has 0 saturated carbocycles. The van der Waals surface area contributed by atoms with Crippen LogP contribution in [0.2, 0.25) is 0 Å². The second kappa shape index (κ2) is 9.13. The zero-order chi connectivity index (χ0) is 20.8. The highest BCUT2D eigenvalue weighted by Crippen LogP contribution is 2.34. The van der Waals surface area contributed by atoms with Crippen LogP contribution in [0.3, 0.4) is 0 Å². The van der Waals surface area contributed by atoms with E-state index in [0.717, 1.165) is 16.8 Å². The minimum Gasteiger partial charge on any atom is -0.504 e. The van der Waals surface area contributed by atoms with Crippen LogP contribution < -0.4 is 14.2 Å². The number of hydrogen-bond acceptors (Lipinski definition) is 7. The highest BCUT2D eigenvalue weighted by molar-refractivity contribution is 7.11. The molecule has 0 radical (unpaired) electrons. The maximum Gasteiger partial charge on any atom is 0.161 e. The molecule has 3 rings (SSSR count). The summed E-state index contributed by atoms with van der Waals surface area (Å²) in [5.41, 5.74) is 2.78. The highest BCUT2D eigenvalue weighted by Gasteiger charge is 2.12. The van der Waals surface area contributed by atoms with Crippen LogP contribution in [-0.4, -0.2) is 30.9 Å². The molecule has 0 aliphatic rings. The summed E-state index contributed by atoms with van der Waals surface area (Å²) in [5.74, 6) is 1.70. The monoisotopic (exact) mass is 408 g/mol. The summed E-state index contributed by atoms with van der Waals surface area (Å²) in [7, 11) is 3.17. The molecule has 0 spiro atoms. The van der Waals surface area contributed by atoms with E-state index in [1.807, 2.05) is 30.5 Å². The molecule has 0 atom stereocenters. The fourth-order valence-corrected chi connectivity index (χ4v) is 3.52. The molecule has 0 amide bonds. The van der Waals surface area contributed by atoms with Gasteiger partial charge in [0.05, 0.1) is 32.1 Å². The van der Waals surface area contributed by atoms with Crippen LogP contribution in [0.25, 0.3) is 22.9 Å². The number of aromatic hydroxyl groups is 1. The molecule has 0 bridgehead atoms. The van der Waals surface area contributed by atoms with Gasteiger partial charge in [-0.25, -0.2) is 4.98 Å². The topological polar surface area (TPSA) is 84.6 Å². The Morgan fingerprint density at radius 2 is 1.93 bits per heavy atom. The first-order valence-electron chi connectivity index (χ1n) is 8.85. The maximum absolute atomic E-state index is 9.84. The van der Waals surface area contributed by atoms with E-state index < -0.39 is 0 Å². The van der Waals surface area contributed by atoms with Crippen LogP contribution in [0, 0.1) is 11.3 Å². The number of rotatable bonds is 7. The van der Waals surface area contributed by atoms with Gasteiger partial charge >= 0.3 is 0 Å². The number of aromatic nitrogens is 1. The quantitative estimate of drug-likeness (QED) is 0.554. The summed E-state index contributed by atoms with van der Waals surface area (Å²) in [4.78, 5) is 4.61. The van der Waals surface area contributed by atoms with Crippen molar-refractivity contribution in [2.75, 3.05) is 20.8 Å². The van der Waals surface area contributed by atoms with Crippen LogP contribution in [-0.2, 0) is 0 Å². The first-order chi connectivity index (χ1) is 14.1. The molecule has 0 aliphatic heterocycles. The van der Waals surface area contributed by atoms with Gasteiger partial charge in [-0.15, -0.1) is 11.3 Å². The van der Waals surface area contributed by atoms with Crippen molar-refractivity contribution in [1.82, 2.24) is 4.98 Å². The van der Waals surface area contributed by atoms with Gasteiger partial charge in [-0.3, -0.25) is 0 Å². The van der Waals surface area contributed by atoms with Crippen molar-refractivity contribution >= 4 is 23.0 Å². The molecule has 7 heteroatoms. The lowest BCUT2D eigenvalue weighted by Crippen LogP contribution is -1.92. The Bertz CT molecular complexity index is 1080. The lowest BCUT2D eigenvalue weighted by Gasteiger charge is -2.08. The lowest BCUT2D eigenvalue weighted by atomic mass is 10.1. The maximum atomic E-state index is 9.84. The summed E-state index contributed by atoms with van der Waals surface area (Å²) < 4.78 is 16.0. The van der Waals surface area contributed by atoms with Crippen molar-refractivity contribution in [3.63, 3.8) is 0 Å². The molecule has 1 N–H and O–H groups in total. The molecular formula is C22H20N2O4S. The van der Waals surface area contributed by atoms with E-state index in [-0.39, 0.29) is 5.75 Å². The van der Waals surface area contributed by atoms with Gasteiger partial charge in [0.25, 0.3) is 0 Å². The van der Waals surface area contributed by atoms with E-state index in [0.29, 0.717) is 34.4 Å². The number of ether oxygens (including phenoxy) is 3. The van der Waals surface area contributed by atoms with E-state index in [2.05, 4.69) is 11.1 Å². The summed E-state index contributed by atoms with van der Waals surface area (Å²) >= 11 is 1.38. The van der Waals surface area contributed by atoms with Crippen molar-refractivity contribution in [3.05, 3.63) is 52.3 Å². The zero-order valence-corrected chi connectivity index (χ0v) is 17.1. The predicted octanol–water partition coefficient (Wildman–Crippen LogP) is 5.00. The van der Waals surface area contributed by atoms with Crippen molar-refractivity contribution in [2.24, 2.45) is 0 Å². The van der Waals surface area contributed by atoms with Gasteiger partial charge in [0.15, 0.2) is 23.0 Å². The van der Waals surface area contributed by atoms with E-state index in [9.17, 15) is 10.4 Å². The number of methoxy groups -OCH3 is 2. The third-order valence-corrected chi connectivity index (χ3v) is 5.00. The smallest absolute Gasteiger partial charge is 0.161 e. The van der Waals surface area contributed by atoms with Crippen molar-refractivity contribution in [2.45, 2.75) is 6.92 Å². The van der Waals surface area contributed by atoms with Crippen molar-refractivity contribution < 1.29 is 19.3 Å². The summed E-state index contributed by atoms with van der Waals surface area (Å²) in [6, 6.07) is 12.7.